The molecule has 2 heteroatoms. The lowest BCUT2D eigenvalue weighted by molar-refractivity contribution is 0.702. The van der Waals surface area contributed by atoms with Crippen LogP contribution < -0.4 is 5.73 Å². The number of nitrogens with two attached hydrogens (primary N) is 1. The van der Waals surface area contributed by atoms with E-state index in [0.29, 0.717) is 6.54 Å². The summed E-state index contributed by atoms with van der Waals surface area (Å²) in [5.41, 5.74) is 7.77. The predicted octanol–water partition coefficient (Wildman–Crippen LogP) is 1.55. The maximum atomic E-state index is 8.91. The molecule has 1 aliphatic carbocycles. The monoisotopic (exact) mass is 172 g/mol. The number of rotatable bonds is 2. The minimum Gasteiger partial charge on any atom is -0.330 e. The van der Waals surface area contributed by atoms with Gasteiger partial charge in [-0.1, -0.05) is 18.2 Å². The van der Waals surface area contributed by atoms with E-state index in [4.69, 9.17) is 11.0 Å². The molecule has 0 heterocycles. The van der Waals surface area contributed by atoms with Crippen LogP contribution in [-0.2, 0) is 5.41 Å². The Bertz CT molecular complexity index is 359. The van der Waals surface area contributed by atoms with Gasteiger partial charge >= 0.3 is 0 Å². The second-order valence-electron chi connectivity index (χ2n) is 3.64. The molecule has 0 unspecified atom stereocenters. The number of nitrogens with zero attached hydrogens (tertiary/aromatic N) is 1. The molecule has 1 fully saturated rings. The molecule has 2 N–H and O–H groups in total. The summed E-state index contributed by atoms with van der Waals surface area (Å²) in [5.74, 6) is 0. The van der Waals surface area contributed by atoms with Gasteiger partial charge in [-0.2, -0.15) is 5.26 Å². The Morgan fingerprint density at radius 2 is 2.08 bits per heavy atom. The second-order valence-corrected chi connectivity index (χ2v) is 3.64. The first-order chi connectivity index (χ1) is 6.32. The Labute approximate surface area is 78.0 Å². The van der Waals surface area contributed by atoms with E-state index < -0.39 is 0 Å². The van der Waals surface area contributed by atoms with Gasteiger partial charge < -0.3 is 5.73 Å². The van der Waals surface area contributed by atoms with Gasteiger partial charge in [0.05, 0.1) is 11.6 Å². The lowest BCUT2D eigenvalue weighted by Gasteiger charge is -2.13. The fourth-order valence-corrected chi connectivity index (χ4v) is 1.78. The SMILES string of the molecule is N#Cc1ccccc1C1(CN)CC1. The number of benzene rings is 1. The van der Waals surface area contributed by atoms with E-state index in [1.54, 1.807) is 0 Å². The van der Waals surface area contributed by atoms with Crippen molar-refractivity contribution in [2.24, 2.45) is 5.73 Å². The average Bonchev–Trinajstić information content (AvgIpc) is 2.98. The van der Waals surface area contributed by atoms with Crippen molar-refractivity contribution in [2.45, 2.75) is 18.3 Å². The van der Waals surface area contributed by atoms with Gasteiger partial charge in [0.15, 0.2) is 0 Å². The molecule has 0 radical (unpaired) electrons. The Hall–Kier alpha value is -1.33. The van der Waals surface area contributed by atoms with Crippen molar-refractivity contribution < 1.29 is 0 Å². The highest BCUT2D eigenvalue weighted by atomic mass is 14.7. The van der Waals surface area contributed by atoms with Gasteiger partial charge in [-0.25, -0.2) is 0 Å². The average molecular weight is 172 g/mol. The van der Waals surface area contributed by atoms with Crippen molar-refractivity contribution >= 4 is 0 Å². The fourth-order valence-electron chi connectivity index (χ4n) is 1.78. The van der Waals surface area contributed by atoms with E-state index in [9.17, 15) is 0 Å². The predicted molar refractivity (Wildman–Crippen MR) is 51.1 cm³/mol. The zero-order valence-electron chi connectivity index (χ0n) is 7.46. The molecule has 0 amide bonds. The van der Waals surface area contributed by atoms with E-state index in [1.807, 2.05) is 24.3 Å². The number of hydrogen-bond acceptors (Lipinski definition) is 2. The Morgan fingerprint density at radius 1 is 1.38 bits per heavy atom. The van der Waals surface area contributed by atoms with Crippen molar-refractivity contribution in [3.05, 3.63) is 35.4 Å². The molecule has 0 bridgehead atoms. The first-order valence-electron chi connectivity index (χ1n) is 4.52. The highest BCUT2D eigenvalue weighted by Gasteiger charge is 2.44. The highest BCUT2D eigenvalue weighted by molar-refractivity contribution is 5.45. The Balaban J connectivity index is 2.46. The molecule has 1 saturated carbocycles. The summed E-state index contributed by atoms with van der Waals surface area (Å²) in [6.45, 7) is 0.658. The quantitative estimate of drug-likeness (QED) is 0.735. The lowest BCUT2D eigenvalue weighted by atomic mass is 9.92. The van der Waals surface area contributed by atoms with Crippen LogP contribution in [0.5, 0.6) is 0 Å². The topological polar surface area (TPSA) is 49.8 Å². The normalized spacial score (nSPS) is 17.8. The van der Waals surface area contributed by atoms with E-state index >= 15 is 0 Å². The van der Waals surface area contributed by atoms with Gasteiger partial charge in [0.2, 0.25) is 0 Å². The van der Waals surface area contributed by atoms with Gasteiger partial charge in [-0.15, -0.1) is 0 Å². The van der Waals surface area contributed by atoms with Crippen molar-refractivity contribution in [3.63, 3.8) is 0 Å². The second kappa shape index (κ2) is 2.86. The summed E-state index contributed by atoms with van der Waals surface area (Å²) in [5, 5.41) is 8.91. The molecular weight excluding hydrogens is 160 g/mol. The summed E-state index contributed by atoms with van der Waals surface area (Å²) >= 11 is 0. The lowest BCUT2D eigenvalue weighted by Crippen LogP contribution is -2.20. The molecular formula is C11H12N2. The van der Waals surface area contributed by atoms with Gasteiger partial charge in [0.25, 0.3) is 0 Å². The van der Waals surface area contributed by atoms with Crippen LogP contribution in [0.3, 0.4) is 0 Å². The molecule has 1 aromatic carbocycles. The maximum Gasteiger partial charge on any atom is 0.0994 e. The van der Waals surface area contributed by atoms with Crippen molar-refractivity contribution in [1.29, 1.82) is 5.26 Å². The van der Waals surface area contributed by atoms with Crippen molar-refractivity contribution in [1.82, 2.24) is 0 Å². The maximum absolute atomic E-state index is 8.91. The smallest absolute Gasteiger partial charge is 0.0994 e. The molecule has 1 aliphatic rings. The molecule has 13 heavy (non-hydrogen) atoms. The molecule has 0 saturated heterocycles. The van der Waals surface area contributed by atoms with E-state index in [-0.39, 0.29) is 5.41 Å². The summed E-state index contributed by atoms with van der Waals surface area (Å²) in [6, 6.07) is 9.99. The molecule has 1 aromatic rings. The third kappa shape index (κ3) is 1.22. The van der Waals surface area contributed by atoms with Crippen molar-refractivity contribution in [2.75, 3.05) is 6.54 Å². The van der Waals surface area contributed by atoms with Gasteiger partial charge in [0.1, 0.15) is 0 Å². The van der Waals surface area contributed by atoms with Crippen molar-refractivity contribution in [3.8, 4) is 6.07 Å². The molecule has 0 aliphatic heterocycles. The zero-order valence-corrected chi connectivity index (χ0v) is 7.46. The standard InChI is InChI=1S/C11H12N2/c12-7-9-3-1-2-4-10(9)11(8-13)5-6-11/h1-4H,5-6,8,13H2. The number of nitriles is 1. The minimum absolute atomic E-state index is 0.131. The molecule has 2 nitrogen and oxygen atoms in total. The summed E-state index contributed by atoms with van der Waals surface area (Å²) < 4.78 is 0. The van der Waals surface area contributed by atoms with Crippen LogP contribution >= 0.6 is 0 Å². The first-order valence-corrected chi connectivity index (χ1v) is 4.52. The van der Waals surface area contributed by atoms with Gasteiger partial charge in [-0.05, 0) is 24.5 Å². The van der Waals surface area contributed by atoms with Crippen LogP contribution in [0.4, 0.5) is 0 Å². The first kappa shape index (κ1) is 8.28. The minimum atomic E-state index is 0.131. The molecule has 2 rings (SSSR count). The van der Waals surface area contributed by atoms with Crippen LogP contribution in [-0.4, -0.2) is 6.54 Å². The Morgan fingerprint density at radius 3 is 2.62 bits per heavy atom. The van der Waals surface area contributed by atoms with E-state index in [1.165, 1.54) is 0 Å². The van der Waals surface area contributed by atoms with Crippen LogP contribution in [0, 0.1) is 11.3 Å². The molecule has 0 aromatic heterocycles. The summed E-state index contributed by atoms with van der Waals surface area (Å²) in [6.07, 6.45) is 2.25. The fraction of sp³-hybridized carbons (Fsp3) is 0.364. The Kier molecular flexibility index (Phi) is 1.82. The largest absolute Gasteiger partial charge is 0.330 e. The van der Waals surface area contributed by atoms with Gasteiger partial charge in [0, 0.05) is 12.0 Å². The third-order valence-electron chi connectivity index (χ3n) is 2.86. The number of hydrogen-bond donors (Lipinski definition) is 1. The highest BCUT2D eigenvalue weighted by Crippen LogP contribution is 2.48. The van der Waals surface area contributed by atoms with Crippen LogP contribution in [0.2, 0.25) is 0 Å². The molecule has 0 spiro atoms. The van der Waals surface area contributed by atoms with E-state index in [0.717, 1.165) is 24.0 Å². The zero-order chi connectivity index (χ0) is 9.31. The van der Waals surface area contributed by atoms with Gasteiger partial charge in [-0.3, -0.25) is 0 Å². The third-order valence-corrected chi connectivity index (χ3v) is 2.86. The summed E-state index contributed by atoms with van der Waals surface area (Å²) in [4.78, 5) is 0. The van der Waals surface area contributed by atoms with Crippen LogP contribution in [0.1, 0.15) is 24.0 Å². The van der Waals surface area contributed by atoms with Crippen LogP contribution in [0.15, 0.2) is 24.3 Å². The van der Waals surface area contributed by atoms with E-state index in [2.05, 4.69) is 6.07 Å². The summed E-state index contributed by atoms with van der Waals surface area (Å²) in [7, 11) is 0. The molecule has 66 valence electrons. The van der Waals surface area contributed by atoms with Crippen LogP contribution in [0.25, 0.3) is 0 Å². The molecule has 0 atom stereocenters.